The molecule has 0 unspecified atom stereocenters. The molecule has 0 bridgehead atoms. The number of nitrogens with one attached hydrogen (secondary N) is 1. The highest BCUT2D eigenvalue weighted by molar-refractivity contribution is 9.09. The second-order valence-electron chi connectivity index (χ2n) is 6.49. The number of pyridine rings is 1. The van der Waals surface area contributed by atoms with Crippen LogP contribution >= 0.6 is 15.9 Å². The molecule has 4 nitrogen and oxygen atoms in total. The average molecular weight is 439 g/mol. The lowest BCUT2D eigenvalue weighted by molar-refractivity contribution is -0.120. The van der Waals surface area contributed by atoms with Crippen molar-refractivity contribution in [2.75, 3.05) is 11.9 Å². The van der Waals surface area contributed by atoms with Gasteiger partial charge in [0.15, 0.2) is 0 Å². The minimum atomic E-state index is -0.0337. The zero-order chi connectivity index (χ0) is 19.8. The van der Waals surface area contributed by atoms with Gasteiger partial charge in [-0.05, 0) is 41.8 Å². The summed E-state index contributed by atoms with van der Waals surface area (Å²) in [5.74, 6) is 0.828. The van der Waals surface area contributed by atoms with Crippen molar-refractivity contribution < 1.29 is 9.53 Å². The highest BCUT2D eigenvalue weighted by Gasteiger charge is 2.08. The maximum absolute atomic E-state index is 12.2. The minimum absolute atomic E-state index is 0.0337. The molecule has 0 aliphatic heterocycles. The van der Waals surface area contributed by atoms with Gasteiger partial charge in [0.05, 0.1) is 13.0 Å². The molecule has 1 amide bonds. The van der Waals surface area contributed by atoms with E-state index >= 15 is 0 Å². The number of nitrogens with zero attached hydrogens (tertiary/aromatic N) is 1. The predicted octanol–water partition coefficient (Wildman–Crippen LogP) is 4.69. The Kier molecular flexibility index (Phi) is 7.20. The average Bonchev–Trinajstić information content (AvgIpc) is 2.72. The van der Waals surface area contributed by atoms with Crippen LogP contribution < -0.4 is 10.1 Å². The van der Waals surface area contributed by atoms with Crippen LogP contribution in [0.5, 0.6) is 5.75 Å². The first-order chi connectivity index (χ1) is 13.7. The second kappa shape index (κ2) is 10.0. The molecule has 0 spiro atoms. The van der Waals surface area contributed by atoms with Crippen LogP contribution in [0, 0.1) is 6.92 Å². The van der Waals surface area contributed by atoms with E-state index in [-0.39, 0.29) is 12.3 Å². The smallest absolute Gasteiger partial charge is 0.226 e. The predicted molar refractivity (Wildman–Crippen MR) is 116 cm³/mol. The van der Waals surface area contributed by atoms with Crippen molar-refractivity contribution in [1.29, 1.82) is 0 Å². The van der Waals surface area contributed by atoms with E-state index in [9.17, 15) is 4.79 Å². The summed E-state index contributed by atoms with van der Waals surface area (Å²) in [5, 5.41) is 3.73. The van der Waals surface area contributed by atoms with Crippen LogP contribution in [0.4, 0.5) is 0 Å². The Labute approximate surface area is 174 Å². The molecule has 0 aliphatic carbocycles. The molecule has 3 aromatic rings. The fourth-order valence-electron chi connectivity index (χ4n) is 2.92. The summed E-state index contributed by atoms with van der Waals surface area (Å²) in [5.41, 5.74) is 5.10. The Morgan fingerprint density at radius 1 is 1.11 bits per heavy atom. The maximum Gasteiger partial charge on any atom is 0.226 e. The van der Waals surface area contributed by atoms with Gasteiger partial charge >= 0.3 is 0 Å². The standard InChI is InChI=1S/C23H23BrN2O2/c1-17-13-21(28-12-11-24)9-10-22(17)19-7-8-20(25-16-19)14-23(27)26-15-18-5-3-2-4-6-18/h2-10,13,16H,11-12,14-15H2,1H3,(H,26,27). The Bertz CT molecular complexity index is 912. The van der Waals surface area contributed by atoms with Gasteiger partial charge in [-0.2, -0.15) is 0 Å². The van der Waals surface area contributed by atoms with Gasteiger partial charge in [-0.15, -0.1) is 0 Å². The number of aryl methyl sites for hydroxylation is 1. The third kappa shape index (κ3) is 5.67. The van der Waals surface area contributed by atoms with E-state index in [1.165, 1.54) is 0 Å². The van der Waals surface area contributed by atoms with Crippen LogP contribution in [-0.2, 0) is 17.8 Å². The number of aromatic nitrogens is 1. The van der Waals surface area contributed by atoms with E-state index in [0.717, 1.165) is 39.0 Å². The lowest BCUT2D eigenvalue weighted by atomic mass is 10.0. The fraction of sp³-hybridized carbons (Fsp3) is 0.217. The molecule has 144 valence electrons. The monoisotopic (exact) mass is 438 g/mol. The molecule has 1 heterocycles. The summed E-state index contributed by atoms with van der Waals surface area (Å²) in [6.07, 6.45) is 2.09. The zero-order valence-electron chi connectivity index (χ0n) is 15.8. The highest BCUT2D eigenvalue weighted by atomic mass is 79.9. The van der Waals surface area contributed by atoms with Gasteiger partial charge in [0.25, 0.3) is 0 Å². The maximum atomic E-state index is 12.2. The zero-order valence-corrected chi connectivity index (χ0v) is 17.4. The topological polar surface area (TPSA) is 51.2 Å². The third-order valence-electron chi connectivity index (χ3n) is 4.35. The lowest BCUT2D eigenvalue weighted by Crippen LogP contribution is -2.24. The Morgan fingerprint density at radius 3 is 2.61 bits per heavy atom. The van der Waals surface area contributed by atoms with Crippen LogP contribution in [0.15, 0.2) is 66.9 Å². The molecule has 1 aromatic heterocycles. The van der Waals surface area contributed by atoms with E-state index in [4.69, 9.17) is 4.74 Å². The number of alkyl halides is 1. The summed E-state index contributed by atoms with van der Waals surface area (Å²) < 4.78 is 5.64. The molecule has 0 fully saturated rings. The first-order valence-corrected chi connectivity index (χ1v) is 10.3. The van der Waals surface area contributed by atoms with Crippen molar-refractivity contribution in [1.82, 2.24) is 10.3 Å². The molecule has 3 rings (SSSR count). The Hall–Kier alpha value is -2.66. The molecule has 28 heavy (non-hydrogen) atoms. The van der Waals surface area contributed by atoms with Gasteiger partial charge < -0.3 is 10.1 Å². The van der Waals surface area contributed by atoms with Crippen LogP contribution in [0.2, 0.25) is 0 Å². The highest BCUT2D eigenvalue weighted by Crippen LogP contribution is 2.26. The Morgan fingerprint density at radius 2 is 1.93 bits per heavy atom. The van der Waals surface area contributed by atoms with E-state index in [1.54, 1.807) is 0 Å². The number of amides is 1. The van der Waals surface area contributed by atoms with Crippen LogP contribution in [-0.4, -0.2) is 22.8 Å². The first kappa shape index (κ1) is 20.1. The SMILES string of the molecule is Cc1cc(OCCBr)ccc1-c1ccc(CC(=O)NCc2ccccc2)nc1. The van der Waals surface area contributed by atoms with E-state index in [2.05, 4.69) is 33.2 Å². The molecule has 1 N–H and O–H groups in total. The number of carbonyl (C=O) groups excluding carboxylic acids is 1. The number of carbonyl (C=O) groups is 1. The molecule has 0 radical (unpaired) electrons. The molecule has 0 atom stereocenters. The summed E-state index contributed by atoms with van der Waals surface area (Å²) >= 11 is 3.36. The third-order valence-corrected chi connectivity index (χ3v) is 4.68. The molecule has 5 heteroatoms. The van der Waals surface area contributed by atoms with Gasteiger partial charge in [0, 0.05) is 29.3 Å². The molecule has 0 aliphatic rings. The second-order valence-corrected chi connectivity index (χ2v) is 7.28. The van der Waals surface area contributed by atoms with Crippen LogP contribution in [0.3, 0.4) is 0 Å². The number of hydrogen-bond donors (Lipinski definition) is 1. The lowest BCUT2D eigenvalue weighted by Gasteiger charge is -2.10. The van der Waals surface area contributed by atoms with Crippen molar-refractivity contribution in [2.24, 2.45) is 0 Å². The van der Waals surface area contributed by atoms with Crippen LogP contribution in [0.25, 0.3) is 11.1 Å². The molecule has 0 saturated heterocycles. The number of benzene rings is 2. The van der Waals surface area contributed by atoms with Crippen molar-refractivity contribution in [3.8, 4) is 16.9 Å². The summed E-state index contributed by atoms with van der Waals surface area (Å²) in [6, 6.07) is 19.8. The van der Waals surface area contributed by atoms with Gasteiger partial charge in [0.2, 0.25) is 5.91 Å². The van der Waals surface area contributed by atoms with Gasteiger partial charge in [-0.25, -0.2) is 0 Å². The van der Waals surface area contributed by atoms with E-state index < -0.39 is 0 Å². The Balaban J connectivity index is 1.59. The van der Waals surface area contributed by atoms with Gasteiger partial charge in [-0.1, -0.05) is 58.4 Å². The first-order valence-electron chi connectivity index (χ1n) is 9.21. The number of hydrogen-bond acceptors (Lipinski definition) is 3. The fourth-order valence-corrected chi connectivity index (χ4v) is 3.08. The van der Waals surface area contributed by atoms with Gasteiger partial charge in [0.1, 0.15) is 5.75 Å². The minimum Gasteiger partial charge on any atom is -0.493 e. The molecule has 2 aromatic carbocycles. The van der Waals surface area contributed by atoms with E-state index in [0.29, 0.717) is 13.2 Å². The quantitative estimate of drug-likeness (QED) is 0.519. The number of ether oxygens (including phenoxy) is 1. The van der Waals surface area contributed by atoms with Crippen molar-refractivity contribution in [2.45, 2.75) is 19.9 Å². The number of halogens is 1. The molecular formula is C23H23BrN2O2. The van der Waals surface area contributed by atoms with Crippen LogP contribution in [0.1, 0.15) is 16.8 Å². The molecular weight excluding hydrogens is 416 g/mol. The van der Waals surface area contributed by atoms with Crippen molar-refractivity contribution in [3.05, 3.63) is 83.7 Å². The van der Waals surface area contributed by atoms with Crippen molar-refractivity contribution in [3.63, 3.8) is 0 Å². The number of rotatable bonds is 8. The van der Waals surface area contributed by atoms with Gasteiger partial charge in [-0.3, -0.25) is 9.78 Å². The largest absolute Gasteiger partial charge is 0.493 e. The molecule has 0 saturated carbocycles. The normalized spacial score (nSPS) is 10.5. The summed E-state index contributed by atoms with van der Waals surface area (Å²) in [4.78, 5) is 16.6. The van der Waals surface area contributed by atoms with Crippen molar-refractivity contribution >= 4 is 21.8 Å². The van der Waals surface area contributed by atoms with E-state index in [1.807, 2.05) is 66.9 Å². The summed E-state index contributed by atoms with van der Waals surface area (Å²) in [6.45, 7) is 3.23. The summed E-state index contributed by atoms with van der Waals surface area (Å²) in [7, 11) is 0.